The molecule has 5 rings (SSSR count). The third-order valence-corrected chi connectivity index (χ3v) is 8.30. The number of carbonyl (C=O) groups excluding carboxylic acids is 5. The van der Waals surface area contributed by atoms with Gasteiger partial charge in [0.1, 0.15) is 23.8 Å². The van der Waals surface area contributed by atoms with Crippen molar-refractivity contribution in [1.29, 1.82) is 0 Å². The molecule has 2 aliphatic rings. The van der Waals surface area contributed by atoms with Crippen molar-refractivity contribution in [2.45, 2.75) is 71.2 Å². The smallest absolute Gasteiger partial charge is 0.435 e. The average Bonchev–Trinajstić information content (AvgIpc) is 3.51. The van der Waals surface area contributed by atoms with Crippen LogP contribution in [0, 0.1) is 5.92 Å². The fraction of sp³-hybridized carbons (Fsp3) is 0.455. The summed E-state index contributed by atoms with van der Waals surface area (Å²) in [6, 6.07) is 13.1. The number of alkyl carbamates (subject to hydrolysis) is 1. The van der Waals surface area contributed by atoms with Gasteiger partial charge in [0.05, 0.1) is 11.7 Å². The summed E-state index contributed by atoms with van der Waals surface area (Å²) in [6.45, 7) is 9.41. The van der Waals surface area contributed by atoms with E-state index in [4.69, 9.17) is 9.47 Å². The number of ether oxygens (including phenoxy) is 2. The van der Waals surface area contributed by atoms with E-state index in [1.807, 2.05) is 44.2 Å². The average molecular weight is 633 g/mol. The summed E-state index contributed by atoms with van der Waals surface area (Å²) in [5.41, 5.74) is -0.122. The number of fused-ring (bicyclic) bond motifs is 1. The molecule has 13 heteroatoms. The standard InChI is InChI=1S/C33H40N6O7/c1-21(2)26(35-29(42)46-32(3,4)5)27(40)37-16-14-33(15-17-37)28(41)36(6)30(43)38(33)24-12-13-25-23(18-24)19-34-39(25)31(44)45-20-22-10-8-7-9-11-22/h7-13,18-19,21,26H,14-17,20H2,1-6H3,(H,35,42)/t26-/m1/s1. The van der Waals surface area contributed by atoms with E-state index >= 15 is 0 Å². The lowest BCUT2D eigenvalue weighted by Crippen LogP contribution is -2.60. The zero-order chi connectivity index (χ0) is 33.4. The summed E-state index contributed by atoms with van der Waals surface area (Å²) in [5.74, 6) is -0.839. The van der Waals surface area contributed by atoms with E-state index in [1.54, 1.807) is 43.9 Å². The maximum Gasteiger partial charge on any atom is 0.435 e. The van der Waals surface area contributed by atoms with Gasteiger partial charge in [0.2, 0.25) is 5.91 Å². The Balaban J connectivity index is 1.33. The number of likely N-dealkylation sites (tertiary alicyclic amines) is 1. The lowest BCUT2D eigenvalue weighted by atomic mass is 9.85. The minimum Gasteiger partial charge on any atom is -0.444 e. The molecule has 13 nitrogen and oxygen atoms in total. The van der Waals surface area contributed by atoms with Crippen LogP contribution < -0.4 is 10.2 Å². The van der Waals surface area contributed by atoms with Crippen LogP contribution in [-0.2, 0) is 25.7 Å². The lowest BCUT2D eigenvalue weighted by Gasteiger charge is -2.43. The summed E-state index contributed by atoms with van der Waals surface area (Å²) in [7, 11) is 1.45. The van der Waals surface area contributed by atoms with Crippen molar-refractivity contribution < 1.29 is 33.4 Å². The molecule has 0 unspecified atom stereocenters. The fourth-order valence-electron chi connectivity index (χ4n) is 5.95. The van der Waals surface area contributed by atoms with Gasteiger partial charge in [0.15, 0.2) is 0 Å². The third-order valence-electron chi connectivity index (χ3n) is 8.30. The van der Waals surface area contributed by atoms with E-state index in [0.29, 0.717) is 16.6 Å². The van der Waals surface area contributed by atoms with Crippen LogP contribution in [0.4, 0.5) is 20.1 Å². The maximum absolute atomic E-state index is 13.6. The first-order valence-corrected chi connectivity index (χ1v) is 15.3. The molecule has 2 aliphatic heterocycles. The zero-order valence-electron chi connectivity index (χ0n) is 27.0. The Hall–Kier alpha value is -4.94. The van der Waals surface area contributed by atoms with Gasteiger partial charge in [-0.25, -0.2) is 14.4 Å². The second-order valence-corrected chi connectivity index (χ2v) is 13.0. The quantitative estimate of drug-likeness (QED) is 0.391. The largest absolute Gasteiger partial charge is 0.444 e. The Morgan fingerprint density at radius 1 is 1.02 bits per heavy atom. The molecule has 5 amide bonds. The first kappa shape index (κ1) is 32.5. The van der Waals surface area contributed by atoms with Crippen LogP contribution in [0.5, 0.6) is 0 Å². The number of carbonyl (C=O) groups is 5. The molecular weight excluding hydrogens is 592 g/mol. The number of piperidine rings is 1. The van der Waals surface area contributed by atoms with E-state index in [9.17, 15) is 24.0 Å². The van der Waals surface area contributed by atoms with Crippen molar-refractivity contribution in [2.75, 3.05) is 25.0 Å². The van der Waals surface area contributed by atoms with Gasteiger partial charge >= 0.3 is 18.2 Å². The van der Waals surface area contributed by atoms with E-state index in [1.165, 1.54) is 18.1 Å². The third kappa shape index (κ3) is 6.26. The maximum atomic E-state index is 13.6. The summed E-state index contributed by atoms with van der Waals surface area (Å²) < 4.78 is 11.9. The first-order chi connectivity index (χ1) is 21.7. The van der Waals surface area contributed by atoms with Crippen LogP contribution in [0.1, 0.15) is 53.0 Å². The van der Waals surface area contributed by atoms with E-state index < -0.39 is 35.4 Å². The number of nitrogens with one attached hydrogen (secondary N) is 1. The van der Waals surface area contributed by atoms with Crippen molar-refractivity contribution in [1.82, 2.24) is 24.9 Å². The second kappa shape index (κ2) is 12.5. The van der Waals surface area contributed by atoms with Gasteiger partial charge in [-0.1, -0.05) is 44.2 Å². The fourth-order valence-corrected chi connectivity index (χ4v) is 5.95. The molecule has 2 fully saturated rings. The number of urea groups is 1. The van der Waals surface area contributed by atoms with Gasteiger partial charge in [-0.15, -0.1) is 0 Å². The number of imide groups is 1. The molecule has 244 valence electrons. The van der Waals surface area contributed by atoms with Gasteiger partial charge in [-0.3, -0.25) is 19.4 Å². The Morgan fingerprint density at radius 2 is 1.70 bits per heavy atom. The Morgan fingerprint density at radius 3 is 2.33 bits per heavy atom. The van der Waals surface area contributed by atoms with Gasteiger partial charge < -0.3 is 19.7 Å². The molecule has 46 heavy (non-hydrogen) atoms. The highest BCUT2D eigenvalue weighted by molar-refractivity contribution is 6.17. The Kier molecular flexibility index (Phi) is 8.78. The number of benzene rings is 2. The second-order valence-electron chi connectivity index (χ2n) is 13.0. The molecule has 1 spiro atoms. The molecule has 0 radical (unpaired) electrons. The van der Waals surface area contributed by atoms with Crippen molar-refractivity contribution in [3.63, 3.8) is 0 Å². The zero-order valence-corrected chi connectivity index (χ0v) is 27.0. The number of anilines is 1. The molecule has 0 aliphatic carbocycles. The Labute approximate surface area is 267 Å². The lowest BCUT2D eigenvalue weighted by molar-refractivity contribution is -0.139. The number of aromatic nitrogens is 2. The van der Waals surface area contributed by atoms with Crippen LogP contribution >= 0.6 is 0 Å². The Bertz CT molecular complexity index is 1650. The van der Waals surface area contributed by atoms with Gasteiger partial charge in [-0.2, -0.15) is 9.78 Å². The molecule has 3 heterocycles. The predicted octanol–water partition coefficient (Wildman–Crippen LogP) is 4.53. The van der Waals surface area contributed by atoms with E-state index in [-0.39, 0.29) is 50.3 Å². The van der Waals surface area contributed by atoms with E-state index in [2.05, 4.69) is 10.4 Å². The summed E-state index contributed by atoms with van der Waals surface area (Å²) >= 11 is 0. The van der Waals surface area contributed by atoms with Crippen LogP contribution in [0.25, 0.3) is 10.9 Å². The van der Waals surface area contributed by atoms with Crippen molar-refractivity contribution in [2.24, 2.45) is 5.92 Å². The summed E-state index contributed by atoms with van der Waals surface area (Å²) in [5, 5.41) is 7.49. The minimum atomic E-state index is -1.20. The van der Waals surface area contributed by atoms with Crippen molar-refractivity contribution in [3.8, 4) is 0 Å². The number of rotatable bonds is 6. The summed E-state index contributed by atoms with van der Waals surface area (Å²) in [6.07, 6.45) is 0.586. The molecule has 1 N–H and O–H groups in total. The van der Waals surface area contributed by atoms with E-state index in [0.717, 1.165) is 15.1 Å². The summed E-state index contributed by atoms with van der Waals surface area (Å²) in [4.78, 5) is 70.2. The van der Waals surface area contributed by atoms with Crippen molar-refractivity contribution in [3.05, 3.63) is 60.3 Å². The molecule has 3 aromatic rings. The number of hydrogen-bond donors (Lipinski definition) is 1. The molecule has 0 saturated carbocycles. The monoisotopic (exact) mass is 632 g/mol. The van der Waals surface area contributed by atoms with Crippen LogP contribution in [0.2, 0.25) is 0 Å². The van der Waals surface area contributed by atoms with Gasteiger partial charge in [-0.05, 0) is 63.3 Å². The van der Waals surface area contributed by atoms with Crippen molar-refractivity contribution >= 4 is 46.6 Å². The molecule has 2 aromatic carbocycles. The minimum absolute atomic E-state index is 0.0901. The molecule has 2 saturated heterocycles. The molecule has 1 atom stereocenters. The highest BCUT2D eigenvalue weighted by atomic mass is 16.6. The number of amides is 5. The highest BCUT2D eigenvalue weighted by Crippen LogP contribution is 2.41. The van der Waals surface area contributed by atoms with Crippen LogP contribution in [-0.4, -0.2) is 86.9 Å². The number of nitrogens with zero attached hydrogens (tertiary/aromatic N) is 5. The number of hydrogen-bond acceptors (Lipinski definition) is 8. The normalized spacial score (nSPS) is 17.2. The SMILES string of the molecule is CC(C)[C@@H](NC(=O)OC(C)(C)C)C(=O)N1CCC2(CC1)C(=O)N(C)C(=O)N2c1ccc2c(cnn2C(=O)OCc2ccccc2)c1. The highest BCUT2D eigenvalue weighted by Gasteiger charge is 2.58. The topological polar surface area (TPSA) is 143 Å². The predicted molar refractivity (Wildman–Crippen MR) is 169 cm³/mol. The van der Waals surface area contributed by atoms with Gasteiger partial charge in [0, 0.05) is 31.2 Å². The molecular formula is C33H40N6O7. The van der Waals surface area contributed by atoms with Gasteiger partial charge in [0.25, 0.3) is 5.91 Å². The first-order valence-electron chi connectivity index (χ1n) is 15.3. The molecule has 1 aromatic heterocycles. The molecule has 0 bridgehead atoms. The van der Waals surface area contributed by atoms with Crippen LogP contribution in [0.3, 0.4) is 0 Å². The van der Waals surface area contributed by atoms with Crippen LogP contribution in [0.15, 0.2) is 54.7 Å². The number of likely N-dealkylation sites (N-methyl/N-ethyl adjacent to an activating group) is 1.